The molecule has 18 heteroatoms. The number of phenolic OH excluding ortho intramolecular Hbond substituents is 1. The molecule has 66 heavy (non-hydrogen) atoms. The molecule has 0 spiro atoms. The number of hydrogen-bond acceptors (Lipinski definition) is 10. The molecule has 0 radical (unpaired) electrons. The highest BCUT2D eigenvalue weighted by Gasteiger charge is 2.56. The van der Waals surface area contributed by atoms with E-state index in [4.69, 9.17) is 19.9 Å². The quantitative estimate of drug-likeness (QED) is 0.167. The third-order valence-corrected chi connectivity index (χ3v) is 12.9. The van der Waals surface area contributed by atoms with Crippen molar-refractivity contribution in [3.05, 3.63) is 125 Å². The number of aromatic hydroxyl groups is 1. The number of benzene rings is 3. The van der Waals surface area contributed by atoms with Gasteiger partial charge in [0.25, 0.3) is 0 Å². The van der Waals surface area contributed by atoms with Crippen LogP contribution in [0.1, 0.15) is 79.0 Å². The summed E-state index contributed by atoms with van der Waals surface area (Å²) >= 11 is 0. The van der Waals surface area contributed by atoms with Crippen molar-refractivity contribution in [1.29, 1.82) is 0 Å². The van der Waals surface area contributed by atoms with E-state index in [0.29, 0.717) is 37.0 Å². The lowest BCUT2D eigenvalue weighted by molar-refractivity contribution is -0.153. The van der Waals surface area contributed by atoms with E-state index in [2.05, 4.69) is 23.8 Å². The second-order valence-corrected chi connectivity index (χ2v) is 17.0. The van der Waals surface area contributed by atoms with Crippen molar-refractivity contribution < 1.29 is 60.4 Å². The minimum Gasteiger partial charge on any atom is -0.505 e. The predicted octanol–water partition coefficient (Wildman–Crippen LogP) is 7.39. The Labute approximate surface area is 383 Å². The molecule has 366 valence electrons. The first-order valence-electron chi connectivity index (χ1n) is 20.4. The second-order valence-electron chi connectivity index (χ2n) is 17.0. The van der Waals surface area contributed by atoms with Gasteiger partial charge in [-0.05, 0) is 58.2 Å². The molecule has 5 aliphatic rings. The zero-order valence-electron chi connectivity index (χ0n) is 35.6. The number of amides is 2. The van der Waals surface area contributed by atoms with E-state index in [-0.39, 0.29) is 101 Å². The zero-order valence-corrected chi connectivity index (χ0v) is 35.6. The Morgan fingerprint density at radius 3 is 1.52 bits per heavy atom. The molecule has 5 fully saturated rings. The molecule has 5 saturated heterocycles. The van der Waals surface area contributed by atoms with Crippen molar-refractivity contribution in [2.24, 2.45) is 23.5 Å². The van der Waals surface area contributed by atoms with Crippen molar-refractivity contribution in [3.63, 3.8) is 0 Å². The van der Waals surface area contributed by atoms with Crippen molar-refractivity contribution in [1.82, 2.24) is 20.4 Å². The van der Waals surface area contributed by atoms with Gasteiger partial charge in [-0.1, -0.05) is 47.6 Å². The van der Waals surface area contributed by atoms with Crippen molar-refractivity contribution in [3.8, 4) is 5.75 Å². The van der Waals surface area contributed by atoms with E-state index >= 15 is 0 Å². The number of nitrogens with two attached hydrogens (primary N) is 1. The number of carbonyl (C=O) groups excluding carboxylic acids is 2. The number of halogens is 6. The number of nitrogens with one attached hydrogen (secondary N) is 2. The van der Waals surface area contributed by atoms with Gasteiger partial charge >= 0.3 is 0 Å². The molecule has 0 unspecified atom stereocenters. The Balaban J connectivity index is 0.000000259. The first-order valence-corrected chi connectivity index (χ1v) is 20.4. The number of nitrogens with zero attached hydrogens (tertiary/aromatic N) is 2. The van der Waals surface area contributed by atoms with Crippen LogP contribution < -0.4 is 16.4 Å². The number of phenols is 1. The molecule has 5 aliphatic heterocycles. The fourth-order valence-corrected chi connectivity index (χ4v) is 9.11. The summed E-state index contributed by atoms with van der Waals surface area (Å²) in [5.41, 5.74) is 3.23. The summed E-state index contributed by atoms with van der Waals surface area (Å²) in [5.74, 6) is -6.35. The average Bonchev–Trinajstić information content (AvgIpc) is 3.22. The van der Waals surface area contributed by atoms with Gasteiger partial charge < -0.3 is 50.6 Å². The number of rotatable bonds is 4. The number of ether oxygens (including phenoxy) is 3. The van der Waals surface area contributed by atoms with E-state index in [1.54, 1.807) is 14.1 Å². The largest absolute Gasteiger partial charge is 0.505 e. The number of carbonyl (C=O) groups is 2. The Hall–Kier alpha value is -5.14. The van der Waals surface area contributed by atoms with Crippen molar-refractivity contribution in [2.75, 3.05) is 40.5 Å². The molecule has 12 nitrogen and oxygen atoms in total. The van der Waals surface area contributed by atoms with Crippen LogP contribution in [0.4, 0.5) is 26.3 Å². The highest BCUT2D eigenvalue weighted by molar-refractivity contribution is 5.84. The average molecular weight is 938 g/mol. The molecule has 3 aromatic carbocycles. The highest BCUT2D eigenvalue weighted by atomic mass is 19.2. The van der Waals surface area contributed by atoms with Crippen LogP contribution in [0.15, 0.2) is 73.3 Å². The summed E-state index contributed by atoms with van der Waals surface area (Å²) < 4.78 is 99.0. The summed E-state index contributed by atoms with van der Waals surface area (Å²) in [7, 11) is 3.21. The lowest BCUT2D eigenvalue weighted by Gasteiger charge is -2.51. The van der Waals surface area contributed by atoms with E-state index in [1.807, 2.05) is 20.8 Å². The number of aliphatic hydroxyl groups excluding tert-OH is 1. The van der Waals surface area contributed by atoms with Crippen LogP contribution in [0.2, 0.25) is 0 Å². The van der Waals surface area contributed by atoms with Crippen LogP contribution in [0.5, 0.6) is 5.75 Å². The molecule has 3 aromatic rings. The smallest absolute Gasteiger partial charge is 0.233 e. The third kappa shape index (κ3) is 10.2. The van der Waals surface area contributed by atoms with Gasteiger partial charge in [-0.2, -0.15) is 0 Å². The molecule has 2 amide bonds. The molecule has 0 aromatic heterocycles. The van der Waals surface area contributed by atoms with Crippen LogP contribution in [0.3, 0.4) is 0 Å². The van der Waals surface area contributed by atoms with Gasteiger partial charge in [-0.3, -0.25) is 9.59 Å². The Morgan fingerprint density at radius 2 is 1.06 bits per heavy atom. The summed E-state index contributed by atoms with van der Waals surface area (Å²) in [4.78, 5) is 28.1. The lowest BCUT2D eigenvalue weighted by atomic mass is 9.72. The second kappa shape index (κ2) is 21.2. The molecule has 8 rings (SSSR count). The van der Waals surface area contributed by atoms with Crippen LogP contribution in [-0.2, 0) is 40.4 Å². The van der Waals surface area contributed by atoms with Gasteiger partial charge in [0.2, 0.25) is 11.8 Å². The molecule has 0 aliphatic carbocycles. The molecule has 5 heterocycles. The van der Waals surface area contributed by atoms with Gasteiger partial charge in [0.15, 0.2) is 11.6 Å². The predicted molar refractivity (Wildman–Crippen MR) is 238 cm³/mol. The van der Waals surface area contributed by atoms with Crippen molar-refractivity contribution >= 4 is 11.8 Å². The maximum Gasteiger partial charge on any atom is 0.233 e. The third-order valence-electron chi connectivity index (χ3n) is 12.9. The number of aliphatic hydroxyl groups is 1. The maximum absolute atomic E-state index is 14.4. The highest BCUT2D eigenvalue weighted by Crippen LogP contribution is 2.46. The van der Waals surface area contributed by atoms with E-state index < -0.39 is 69.1 Å². The molecular formula is C48H65F6N5O7. The maximum atomic E-state index is 14.4. The van der Waals surface area contributed by atoms with Crippen LogP contribution >= 0.6 is 0 Å². The minimum atomic E-state index is -1.22. The van der Waals surface area contributed by atoms with Gasteiger partial charge in [-0.25, -0.2) is 26.3 Å². The van der Waals surface area contributed by atoms with E-state index in [9.17, 15) is 46.1 Å². The zero-order chi connectivity index (χ0) is 46.3. The normalized spacial score (nSPS) is 30.2. The first-order chi connectivity index (χ1) is 29.6. The van der Waals surface area contributed by atoms with Crippen molar-refractivity contribution in [2.45, 2.75) is 97.2 Å². The molecular weight excluding hydrogens is 873 g/mol. The Bertz CT molecular complexity index is 2270. The summed E-state index contributed by atoms with van der Waals surface area (Å²) in [6, 6.07) is 8.30. The van der Waals surface area contributed by atoms with E-state index in [1.165, 1.54) is 34.1 Å². The molecule has 6 N–H and O–H groups in total. The first kappa shape index (κ1) is 55.2. The lowest BCUT2D eigenvalue weighted by Crippen LogP contribution is -2.65. The topological polar surface area (TPSA) is 159 Å². The SMILES string of the molecule is C.C.C.C=C1N[C@@]2(c3cc(O)c(F)cc3F)CO[C@@H](C)C[C@H]2C(=O)N1C.C=C1N[C@@]2(c3ccc(F)cc3F)CO[C@@H](C)C[C@H]2C(=O)N1C.C[C@H]1C[C@@H](CO)[C@](N)(c2ccc(F)cc2F)CO1. The van der Waals surface area contributed by atoms with Gasteiger partial charge in [0.05, 0.1) is 55.5 Å². The molecule has 9 atom stereocenters. The standard InChI is InChI=1S/C16H18F2N2O3.C16H18F2N2O2.C13H17F2NO2.3CH4/c1-8-4-11-15(22)20(3)9(2)19-16(11,7-23-8)10-5-14(21)13(18)6-12(10)17;1-9-6-13-15(21)20(3)10(2)19-16(13,8-22-9)12-5-4-11(17)7-14(12)18;1-8-4-9(6-17)13(16,7-18-8)11-3-2-10(14)5-12(11)15;;;/h5-6,8,11,19,21H,2,4,7H2,1,3H3;4-5,7,9,13,19H,2,6,8H2,1,3H3;2-3,5,8-9,17H,4,6-7,16H2,1H3;3*1H4/t8-,11-,16+;9-,13-,16+;8-,9-,13-;;;/m000.../s1. The van der Waals surface area contributed by atoms with Gasteiger partial charge in [0, 0.05) is 61.5 Å². The fourth-order valence-electron chi connectivity index (χ4n) is 9.11. The fraction of sp³-hybridized carbons (Fsp3) is 0.500. The monoisotopic (exact) mass is 937 g/mol. The summed E-state index contributed by atoms with van der Waals surface area (Å²) in [5, 5.41) is 25.2. The van der Waals surface area contributed by atoms with Crippen LogP contribution in [-0.4, -0.2) is 90.7 Å². The van der Waals surface area contributed by atoms with E-state index in [0.717, 1.165) is 18.2 Å². The molecule has 0 bridgehead atoms. The van der Waals surface area contributed by atoms with Crippen LogP contribution in [0.25, 0.3) is 0 Å². The summed E-state index contributed by atoms with van der Waals surface area (Å²) in [6.07, 6.45) is 1.08. The summed E-state index contributed by atoms with van der Waals surface area (Å²) in [6.45, 7) is 13.3. The van der Waals surface area contributed by atoms with Crippen LogP contribution in [0, 0.1) is 52.7 Å². The van der Waals surface area contributed by atoms with Gasteiger partial charge in [0.1, 0.15) is 51.8 Å². The van der Waals surface area contributed by atoms with Gasteiger partial charge in [-0.15, -0.1) is 0 Å². The minimum absolute atomic E-state index is 0. The molecule has 0 saturated carbocycles. The Kier molecular flexibility index (Phi) is 17.7. The number of hydrogen-bond donors (Lipinski definition) is 5. The Morgan fingerprint density at radius 1 is 0.652 bits per heavy atom. The number of fused-ring (bicyclic) bond motifs is 2.